The SMILES string of the molecule is CCCNc1ncnc(N(C)CC(F)F)c1OC. The first-order chi connectivity index (χ1) is 8.60. The van der Waals surface area contributed by atoms with Crippen molar-refractivity contribution < 1.29 is 13.5 Å². The number of rotatable bonds is 7. The molecular weight excluding hydrogens is 242 g/mol. The third kappa shape index (κ3) is 3.68. The van der Waals surface area contributed by atoms with Gasteiger partial charge in [-0.15, -0.1) is 0 Å². The Hall–Kier alpha value is -1.66. The summed E-state index contributed by atoms with van der Waals surface area (Å²) in [5.74, 6) is 1.26. The van der Waals surface area contributed by atoms with Crippen LogP contribution in [0.3, 0.4) is 0 Å². The van der Waals surface area contributed by atoms with Crippen molar-refractivity contribution in [3.05, 3.63) is 6.33 Å². The molecule has 0 atom stereocenters. The lowest BCUT2D eigenvalue weighted by Gasteiger charge is -2.21. The first kappa shape index (κ1) is 14.4. The standard InChI is InChI=1S/C11H18F2N4O/c1-4-5-14-10-9(18-3)11(16-7-15-10)17(2)6-8(12)13/h7-8H,4-6H2,1-3H3,(H,14,15,16). The van der Waals surface area contributed by atoms with Crippen molar-refractivity contribution in [1.29, 1.82) is 0 Å². The van der Waals surface area contributed by atoms with Crippen molar-refractivity contribution in [3.8, 4) is 5.75 Å². The maximum Gasteiger partial charge on any atom is 0.255 e. The molecule has 1 heterocycles. The molecular formula is C11H18F2N4O. The fourth-order valence-corrected chi connectivity index (χ4v) is 1.49. The summed E-state index contributed by atoms with van der Waals surface area (Å²) in [6.07, 6.45) is -0.172. The zero-order valence-electron chi connectivity index (χ0n) is 10.8. The zero-order valence-corrected chi connectivity index (χ0v) is 10.8. The fraction of sp³-hybridized carbons (Fsp3) is 0.636. The van der Waals surface area contributed by atoms with Crippen LogP contribution in [-0.4, -0.2) is 43.6 Å². The van der Waals surface area contributed by atoms with Gasteiger partial charge in [0.05, 0.1) is 13.7 Å². The van der Waals surface area contributed by atoms with Crippen molar-refractivity contribution >= 4 is 11.6 Å². The van der Waals surface area contributed by atoms with Crippen LogP contribution < -0.4 is 15.0 Å². The maximum absolute atomic E-state index is 12.4. The van der Waals surface area contributed by atoms with E-state index < -0.39 is 13.0 Å². The number of nitrogens with zero attached hydrogens (tertiary/aromatic N) is 3. The molecule has 0 radical (unpaired) electrons. The summed E-state index contributed by atoms with van der Waals surface area (Å²) in [5, 5.41) is 3.07. The maximum atomic E-state index is 12.4. The van der Waals surface area contributed by atoms with Gasteiger partial charge in [-0.1, -0.05) is 6.92 Å². The smallest absolute Gasteiger partial charge is 0.255 e. The highest BCUT2D eigenvalue weighted by molar-refractivity contribution is 5.64. The number of alkyl halides is 2. The van der Waals surface area contributed by atoms with Crippen LogP contribution in [0.25, 0.3) is 0 Å². The highest BCUT2D eigenvalue weighted by atomic mass is 19.3. The molecule has 0 fully saturated rings. The Labute approximate surface area is 105 Å². The van der Waals surface area contributed by atoms with Crippen molar-refractivity contribution in [3.63, 3.8) is 0 Å². The summed E-state index contributed by atoms with van der Waals surface area (Å²) < 4.78 is 29.9. The average molecular weight is 260 g/mol. The van der Waals surface area contributed by atoms with Crippen LogP contribution >= 0.6 is 0 Å². The number of ether oxygens (including phenoxy) is 1. The van der Waals surface area contributed by atoms with E-state index in [2.05, 4.69) is 15.3 Å². The van der Waals surface area contributed by atoms with Gasteiger partial charge in [-0.25, -0.2) is 18.7 Å². The molecule has 7 heteroatoms. The molecule has 0 saturated carbocycles. The van der Waals surface area contributed by atoms with Crippen LogP contribution in [0.2, 0.25) is 0 Å². The lowest BCUT2D eigenvalue weighted by atomic mass is 10.4. The second-order valence-corrected chi connectivity index (χ2v) is 3.78. The van der Waals surface area contributed by atoms with E-state index in [0.717, 1.165) is 13.0 Å². The highest BCUT2D eigenvalue weighted by Gasteiger charge is 2.17. The van der Waals surface area contributed by atoms with Crippen LogP contribution in [0.5, 0.6) is 5.75 Å². The Morgan fingerprint density at radius 2 is 2.17 bits per heavy atom. The monoisotopic (exact) mass is 260 g/mol. The predicted molar refractivity (Wildman–Crippen MR) is 66.6 cm³/mol. The van der Waals surface area contributed by atoms with Crippen LogP contribution in [0.4, 0.5) is 20.4 Å². The van der Waals surface area contributed by atoms with Gasteiger partial charge in [0.25, 0.3) is 6.43 Å². The van der Waals surface area contributed by atoms with Gasteiger partial charge < -0.3 is 15.0 Å². The lowest BCUT2D eigenvalue weighted by molar-refractivity contribution is 0.156. The summed E-state index contributed by atoms with van der Waals surface area (Å²) in [6, 6.07) is 0. The van der Waals surface area contributed by atoms with Gasteiger partial charge in [-0.05, 0) is 6.42 Å². The van der Waals surface area contributed by atoms with Crippen LogP contribution in [0.15, 0.2) is 6.33 Å². The summed E-state index contributed by atoms with van der Waals surface area (Å²) in [7, 11) is 3.01. The quantitative estimate of drug-likeness (QED) is 0.812. The number of aromatic nitrogens is 2. The molecule has 1 aromatic rings. The molecule has 1 aromatic heterocycles. The summed E-state index contributed by atoms with van der Waals surface area (Å²) in [6.45, 7) is 2.34. The van der Waals surface area contributed by atoms with Crippen molar-refractivity contribution in [1.82, 2.24) is 9.97 Å². The van der Waals surface area contributed by atoms with E-state index in [1.165, 1.54) is 18.3 Å². The molecule has 0 unspecified atom stereocenters. The first-order valence-electron chi connectivity index (χ1n) is 5.72. The topological polar surface area (TPSA) is 50.3 Å². The Morgan fingerprint density at radius 1 is 1.44 bits per heavy atom. The summed E-state index contributed by atoms with van der Waals surface area (Å²) in [5.41, 5.74) is 0. The fourth-order valence-electron chi connectivity index (χ4n) is 1.49. The molecule has 0 saturated heterocycles. The number of anilines is 2. The van der Waals surface area contributed by atoms with Crippen LogP contribution in [0.1, 0.15) is 13.3 Å². The third-order valence-corrected chi connectivity index (χ3v) is 2.31. The molecule has 0 aromatic carbocycles. The van der Waals surface area contributed by atoms with Gasteiger partial charge >= 0.3 is 0 Å². The molecule has 0 aliphatic rings. The third-order valence-electron chi connectivity index (χ3n) is 2.31. The molecule has 1 rings (SSSR count). The van der Waals surface area contributed by atoms with E-state index in [9.17, 15) is 8.78 Å². The molecule has 18 heavy (non-hydrogen) atoms. The van der Waals surface area contributed by atoms with Gasteiger partial charge in [0.1, 0.15) is 6.33 Å². The van der Waals surface area contributed by atoms with Gasteiger partial charge in [0.2, 0.25) is 5.75 Å². The Kier molecular flexibility index (Phi) is 5.54. The second-order valence-electron chi connectivity index (χ2n) is 3.78. The molecule has 0 bridgehead atoms. The van der Waals surface area contributed by atoms with E-state index >= 15 is 0 Å². The molecule has 0 aliphatic heterocycles. The lowest BCUT2D eigenvalue weighted by Crippen LogP contribution is -2.25. The summed E-state index contributed by atoms with van der Waals surface area (Å²) >= 11 is 0. The molecule has 0 spiro atoms. The average Bonchev–Trinajstić information content (AvgIpc) is 2.34. The number of halogens is 2. The van der Waals surface area contributed by atoms with E-state index in [-0.39, 0.29) is 0 Å². The largest absolute Gasteiger partial charge is 0.490 e. The van der Waals surface area contributed by atoms with Gasteiger partial charge in [0.15, 0.2) is 11.6 Å². The minimum Gasteiger partial charge on any atom is -0.490 e. The van der Waals surface area contributed by atoms with Crippen LogP contribution in [-0.2, 0) is 0 Å². The Morgan fingerprint density at radius 3 is 2.72 bits per heavy atom. The number of hydrogen-bond acceptors (Lipinski definition) is 5. The molecule has 0 amide bonds. The predicted octanol–water partition coefficient (Wildman–Crippen LogP) is 2.01. The van der Waals surface area contributed by atoms with E-state index in [4.69, 9.17) is 4.74 Å². The van der Waals surface area contributed by atoms with Crippen molar-refractivity contribution in [2.24, 2.45) is 0 Å². The van der Waals surface area contributed by atoms with Gasteiger partial charge in [-0.3, -0.25) is 0 Å². The zero-order chi connectivity index (χ0) is 13.5. The van der Waals surface area contributed by atoms with Crippen LogP contribution in [0, 0.1) is 0 Å². The number of nitrogens with one attached hydrogen (secondary N) is 1. The minimum absolute atomic E-state index is 0.353. The Bertz CT molecular complexity index is 376. The highest BCUT2D eigenvalue weighted by Crippen LogP contribution is 2.31. The normalized spacial score (nSPS) is 10.6. The molecule has 1 N–H and O–H groups in total. The first-order valence-corrected chi connectivity index (χ1v) is 5.72. The molecule has 0 aliphatic carbocycles. The number of methoxy groups -OCH3 is 1. The van der Waals surface area contributed by atoms with Crippen molar-refractivity contribution in [2.75, 3.05) is 37.5 Å². The minimum atomic E-state index is -2.43. The number of hydrogen-bond donors (Lipinski definition) is 1. The Balaban J connectivity index is 2.96. The molecule has 5 nitrogen and oxygen atoms in total. The van der Waals surface area contributed by atoms with Gasteiger partial charge in [0, 0.05) is 13.6 Å². The van der Waals surface area contributed by atoms with Crippen molar-refractivity contribution in [2.45, 2.75) is 19.8 Å². The second kappa shape index (κ2) is 6.93. The van der Waals surface area contributed by atoms with E-state index in [0.29, 0.717) is 17.4 Å². The van der Waals surface area contributed by atoms with E-state index in [1.54, 1.807) is 7.05 Å². The van der Waals surface area contributed by atoms with E-state index in [1.807, 2.05) is 6.92 Å². The summed E-state index contributed by atoms with van der Waals surface area (Å²) in [4.78, 5) is 9.39. The molecule has 102 valence electrons. The van der Waals surface area contributed by atoms with Gasteiger partial charge in [-0.2, -0.15) is 0 Å².